The van der Waals surface area contributed by atoms with Crippen LogP contribution in [0.3, 0.4) is 0 Å². The van der Waals surface area contributed by atoms with Gasteiger partial charge >= 0.3 is 17.9 Å². The van der Waals surface area contributed by atoms with E-state index in [0.717, 1.165) is 0 Å². The van der Waals surface area contributed by atoms with Crippen LogP contribution in [-0.4, -0.2) is 44.3 Å². The summed E-state index contributed by atoms with van der Waals surface area (Å²) < 4.78 is 21.5. The lowest BCUT2D eigenvalue weighted by Crippen LogP contribution is -2.34. The van der Waals surface area contributed by atoms with E-state index in [-0.39, 0.29) is 37.2 Å². The standard InChI is InChI=1S/C27H40O7/c1-8-15-33-25(29)22-13-11-12-14-23(22)34-20(5)16-19(4)17-21(24(28)32-10-3)18-27(6,9-2)26(30)31-7/h8,11-14,19-21H,1,9-10,15-18H2,2-7H3. The molecule has 4 unspecified atom stereocenters. The van der Waals surface area contributed by atoms with Gasteiger partial charge in [-0.3, -0.25) is 9.59 Å². The van der Waals surface area contributed by atoms with Crippen LogP contribution >= 0.6 is 0 Å². The predicted molar refractivity (Wildman–Crippen MR) is 131 cm³/mol. The first-order chi connectivity index (χ1) is 16.1. The van der Waals surface area contributed by atoms with Gasteiger partial charge in [0.15, 0.2) is 0 Å². The van der Waals surface area contributed by atoms with Gasteiger partial charge in [0.05, 0.1) is 31.2 Å². The van der Waals surface area contributed by atoms with Crippen LogP contribution in [0.15, 0.2) is 36.9 Å². The minimum absolute atomic E-state index is 0.100. The van der Waals surface area contributed by atoms with Gasteiger partial charge in [0.1, 0.15) is 17.9 Å². The second-order valence-electron chi connectivity index (χ2n) is 8.95. The first-order valence-corrected chi connectivity index (χ1v) is 11.9. The first-order valence-electron chi connectivity index (χ1n) is 11.9. The molecule has 34 heavy (non-hydrogen) atoms. The third-order valence-electron chi connectivity index (χ3n) is 5.96. The molecule has 190 valence electrons. The van der Waals surface area contributed by atoms with Gasteiger partial charge in [-0.05, 0) is 64.5 Å². The molecule has 0 spiro atoms. The van der Waals surface area contributed by atoms with Gasteiger partial charge < -0.3 is 18.9 Å². The summed E-state index contributed by atoms with van der Waals surface area (Å²) >= 11 is 0. The molecule has 0 aliphatic rings. The molecule has 7 nitrogen and oxygen atoms in total. The van der Waals surface area contributed by atoms with Crippen LogP contribution in [0, 0.1) is 17.3 Å². The van der Waals surface area contributed by atoms with Crippen molar-refractivity contribution in [1.29, 1.82) is 0 Å². The molecule has 0 N–H and O–H groups in total. The van der Waals surface area contributed by atoms with Gasteiger partial charge in [0.2, 0.25) is 0 Å². The summed E-state index contributed by atoms with van der Waals surface area (Å²) in [6.07, 6.45) is 3.39. The molecule has 1 aromatic rings. The molecule has 0 radical (unpaired) electrons. The highest BCUT2D eigenvalue weighted by Crippen LogP contribution is 2.35. The maximum atomic E-state index is 12.7. The van der Waals surface area contributed by atoms with Crippen LogP contribution in [0.4, 0.5) is 0 Å². The van der Waals surface area contributed by atoms with E-state index in [0.29, 0.717) is 37.0 Å². The van der Waals surface area contributed by atoms with Crippen LogP contribution in [0.5, 0.6) is 5.75 Å². The van der Waals surface area contributed by atoms with Gasteiger partial charge in [-0.25, -0.2) is 4.79 Å². The Balaban J connectivity index is 2.89. The largest absolute Gasteiger partial charge is 0.490 e. The Hall–Kier alpha value is -2.83. The van der Waals surface area contributed by atoms with E-state index >= 15 is 0 Å². The van der Waals surface area contributed by atoms with E-state index in [1.54, 1.807) is 31.2 Å². The molecule has 0 aliphatic carbocycles. The molecule has 4 atom stereocenters. The summed E-state index contributed by atoms with van der Waals surface area (Å²) in [6.45, 7) is 13.4. The monoisotopic (exact) mass is 476 g/mol. The number of methoxy groups -OCH3 is 1. The lowest BCUT2D eigenvalue weighted by molar-refractivity contribution is -0.157. The molecule has 7 heteroatoms. The minimum Gasteiger partial charge on any atom is -0.490 e. The molecule has 0 fully saturated rings. The van der Waals surface area contributed by atoms with E-state index < -0.39 is 17.3 Å². The van der Waals surface area contributed by atoms with Gasteiger partial charge in [0.25, 0.3) is 0 Å². The average Bonchev–Trinajstić information content (AvgIpc) is 2.81. The smallest absolute Gasteiger partial charge is 0.342 e. The Kier molecular flexibility index (Phi) is 12.4. The number of hydrogen-bond donors (Lipinski definition) is 0. The highest BCUT2D eigenvalue weighted by atomic mass is 16.5. The van der Waals surface area contributed by atoms with E-state index in [9.17, 15) is 14.4 Å². The van der Waals surface area contributed by atoms with Crippen LogP contribution < -0.4 is 4.74 Å². The summed E-state index contributed by atoms with van der Waals surface area (Å²) in [5.41, 5.74) is -0.413. The number of carbonyl (C=O) groups is 3. The molecule has 0 saturated heterocycles. The minimum atomic E-state index is -0.765. The third kappa shape index (κ3) is 8.84. The van der Waals surface area contributed by atoms with Crippen LogP contribution in [-0.2, 0) is 23.8 Å². The quantitative estimate of drug-likeness (QED) is 0.191. The average molecular weight is 477 g/mol. The van der Waals surface area contributed by atoms with Crippen molar-refractivity contribution >= 4 is 17.9 Å². The highest BCUT2D eigenvalue weighted by molar-refractivity contribution is 5.92. The number of benzene rings is 1. The fourth-order valence-corrected chi connectivity index (χ4v) is 4.05. The van der Waals surface area contributed by atoms with Gasteiger partial charge in [-0.2, -0.15) is 0 Å². The van der Waals surface area contributed by atoms with Crippen molar-refractivity contribution in [2.75, 3.05) is 20.3 Å². The van der Waals surface area contributed by atoms with Crippen LogP contribution in [0.1, 0.15) is 70.7 Å². The third-order valence-corrected chi connectivity index (χ3v) is 5.96. The highest BCUT2D eigenvalue weighted by Gasteiger charge is 2.38. The summed E-state index contributed by atoms with van der Waals surface area (Å²) in [6, 6.07) is 6.94. The molecule has 0 aliphatic heterocycles. The van der Waals surface area contributed by atoms with E-state index in [2.05, 4.69) is 6.58 Å². The number of para-hydroxylation sites is 1. The fraction of sp³-hybridized carbons (Fsp3) is 0.593. The maximum Gasteiger partial charge on any atom is 0.342 e. The van der Waals surface area contributed by atoms with E-state index in [1.165, 1.54) is 13.2 Å². The Morgan fingerprint density at radius 1 is 1.09 bits per heavy atom. The summed E-state index contributed by atoms with van der Waals surface area (Å²) in [7, 11) is 1.36. The number of carbonyl (C=O) groups excluding carboxylic acids is 3. The Morgan fingerprint density at radius 3 is 2.35 bits per heavy atom. The van der Waals surface area contributed by atoms with Gasteiger partial charge in [-0.15, -0.1) is 0 Å². The zero-order chi connectivity index (χ0) is 25.7. The summed E-state index contributed by atoms with van der Waals surface area (Å²) in [5, 5.41) is 0. The molecule has 0 amide bonds. The molecular formula is C27H40O7. The SMILES string of the molecule is C=CCOC(=O)c1ccccc1OC(C)CC(C)CC(CC(C)(CC)C(=O)OC)C(=O)OCC. The molecule has 1 rings (SSSR count). The molecule has 0 bridgehead atoms. The molecule has 0 aromatic heterocycles. The lowest BCUT2D eigenvalue weighted by atomic mass is 9.76. The number of hydrogen-bond acceptors (Lipinski definition) is 7. The van der Waals surface area contributed by atoms with Crippen molar-refractivity contribution in [2.45, 2.75) is 66.4 Å². The summed E-state index contributed by atoms with van der Waals surface area (Å²) in [5.74, 6) is -0.993. The zero-order valence-corrected chi connectivity index (χ0v) is 21.4. The van der Waals surface area contributed by atoms with Crippen molar-refractivity contribution < 1.29 is 33.3 Å². The Morgan fingerprint density at radius 2 is 1.76 bits per heavy atom. The van der Waals surface area contributed by atoms with Crippen LogP contribution in [0.2, 0.25) is 0 Å². The molecular weight excluding hydrogens is 436 g/mol. The predicted octanol–water partition coefficient (Wildman–Crippen LogP) is 5.37. The molecule has 0 saturated carbocycles. The molecule has 1 aromatic carbocycles. The number of rotatable bonds is 15. The molecule has 0 heterocycles. The fourth-order valence-electron chi connectivity index (χ4n) is 4.05. The number of esters is 3. The van der Waals surface area contributed by atoms with Crippen molar-refractivity contribution in [3.05, 3.63) is 42.5 Å². The Labute approximate surface area is 203 Å². The second kappa shape index (κ2) is 14.4. The van der Waals surface area contributed by atoms with E-state index in [1.807, 2.05) is 27.7 Å². The topological polar surface area (TPSA) is 88.1 Å². The lowest BCUT2D eigenvalue weighted by Gasteiger charge is -2.30. The maximum absolute atomic E-state index is 12.7. The Bertz CT molecular complexity index is 819. The second-order valence-corrected chi connectivity index (χ2v) is 8.95. The summed E-state index contributed by atoms with van der Waals surface area (Å²) in [4.78, 5) is 37.4. The zero-order valence-electron chi connectivity index (χ0n) is 21.4. The normalized spacial score (nSPS) is 15.2. The van der Waals surface area contributed by atoms with Crippen molar-refractivity contribution in [3.8, 4) is 5.75 Å². The van der Waals surface area contributed by atoms with Gasteiger partial charge in [-0.1, -0.05) is 38.6 Å². The first kappa shape index (κ1) is 29.2. The van der Waals surface area contributed by atoms with Crippen molar-refractivity contribution in [1.82, 2.24) is 0 Å². The van der Waals surface area contributed by atoms with Crippen molar-refractivity contribution in [2.24, 2.45) is 17.3 Å². The number of ether oxygens (including phenoxy) is 4. The van der Waals surface area contributed by atoms with Crippen LogP contribution in [0.25, 0.3) is 0 Å². The van der Waals surface area contributed by atoms with Gasteiger partial charge in [0, 0.05) is 0 Å². The van der Waals surface area contributed by atoms with E-state index in [4.69, 9.17) is 18.9 Å². The van der Waals surface area contributed by atoms with Crippen molar-refractivity contribution in [3.63, 3.8) is 0 Å².